The summed E-state index contributed by atoms with van der Waals surface area (Å²) in [6.07, 6.45) is 7.98. The van der Waals surface area contributed by atoms with E-state index in [1.807, 2.05) is 60.1 Å². The van der Waals surface area contributed by atoms with Gasteiger partial charge in [-0.3, -0.25) is 4.79 Å². The Hall–Kier alpha value is -3.08. The Balaban J connectivity index is 1.52. The first kappa shape index (κ1) is 16.8. The van der Waals surface area contributed by atoms with Crippen molar-refractivity contribution in [2.45, 2.75) is 13.3 Å². The molecule has 0 saturated carbocycles. The van der Waals surface area contributed by atoms with E-state index in [2.05, 4.69) is 10.3 Å². The van der Waals surface area contributed by atoms with Crippen LogP contribution in [-0.2, 0) is 11.2 Å². The Morgan fingerprint density at radius 2 is 2.20 bits per heavy atom. The van der Waals surface area contributed by atoms with Crippen LogP contribution in [0.4, 0.5) is 0 Å². The van der Waals surface area contributed by atoms with Crippen LogP contribution in [0.15, 0.2) is 54.9 Å². The molecule has 0 aliphatic rings. The van der Waals surface area contributed by atoms with Crippen LogP contribution in [0.5, 0.6) is 5.75 Å². The van der Waals surface area contributed by atoms with Gasteiger partial charge >= 0.3 is 0 Å². The molecule has 0 aliphatic heterocycles. The van der Waals surface area contributed by atoms with Gasteiger partial charge in [0.1, 0.15) is 11.4 Å². The highest BCUT2D eigenvalue weighted by molar-refractivity contribution is 5.91. The number of methoxy groups -OCH3 is 1. The molecule has 1 N–H and O–H groups in total. The van der Waals surface area contributed by atoms with E-state index >= 15 is 0 Å². The lowest BCUT2D eigenvalue weighted by Gasteiger charge is -2.01. The van der Waals surface area contributed by atoms with Crippen LogP contribution in [-0.4, -0.2) is 28.9 Å². The third-order valence-corrected chi connectivity index (χ3v) is 3.87. The van der Waals surface area contributed by atoms with Crippen molar-refractivity contribution in [2.75, 3.05) is 13.7 Å². The SMILES string of the molecule is COc1cccc(/C=C/C(=O)NCCc2cn3ccc(C)cc3n2)c1. The molecule has 0 bridgehead atoms. The van der Waals surface area contributed by atoms with Gasteiger partial charge in [-0.25, -0.2) is 4.98 Å². The summed E-state index contributed by atoms with van der Waals surface area (Å²) >= 11 is 0. The van der Waals surface area contributed by atoms with Crippen LogP contribution < -0.4 is 10.1 Å². The molecule has 0 fully saturated rings. The second-order valence-electron chi connectivity index (χ2n) is 5.85. The predicted octanol–water partition coefficient (Wildman–Crippen LogP) is 3.02. The molecule has 0 aliphatic carbocycles. The first-order valence-corrected chi connectivity index (χ1v) is 8.18. The van der Waals surface area contributed by atoms with Crippen LogP contribution in [0.1, 0.15) is 16.8 Å². The third-order valence-electron chi connectivity index (χ3n) is 3.87. The molecular formula is C20H21N3O2. The Labute approximate surface area is 147 Å². The summed E-state index contributed by atoms with van der Waals surface area (Å²) in [4.78, 5) is 16.5. The minimum atomic E-state index is -0.123. The van der Waals surface area contributed by atoms with Gasteiger partial charge in [0.25, 0.3) is 0 Å². The van der Waals surface area contributed by atoms with Gasteiger partial charge in [-0.05, 0) is 48.4 Å². The maximum Gasteiger partial charge on any atom is 0.244 e. The zero-order valence-corrected chi connectivity index (χ0v) is 14.4. The molecule has 3 aromatic rings. The number of imidazole rings is 1. The number of carbonyl (C=O) groups excluding carboxylic acids is 1. The summed E-state index contributed by atoms with van der Waals surface area (Å²) in [6.45, 7) is 2.59. The molecule has 0 unspecified atom stereocenters. The second-order valence-corrected chi connectivity index (χ2v) is 5.85. The molecule has 128 valence electrons. The molecule has 5 nitrogen and oxygen atoms in total. The molecule has 0 atom stereocenters. The molecule has 2 heterocycles. The van der Waals surface area contributed by atoms with Crippen molar-refractivity contribution in [1.29, 1.82) is 0 Å². The number of hydrogen-bond acceptors (Lipinski definition) is 3. The normalized spacial score (nSPS) is 11.1. The van der Waals surface area contributed by atoms with Gasteiger partial charge in [-0.1, -0.05) is 12.1 Å². The van der Waals surface area contributed by atoms with Gasteiger partial charge < -0.3 is 14.5 Å². The van der Waals surface area contributed by atoms with E-state index in [-0.39, 0.29) is 5.91 Å². The van der Waals surface area contributed by atoms with Crippen LogP contribution in [0.3, 0.4) is 0 Å². The average molecular weight is 335 g/mol. The lowest BCUT2D eigenvalue weighted by atomic mass is 10.2. The minimum absolute atomic E-state index is 0.123. The molecule has 1 aromatic carbocycles. The fraction of sp³-hybridized carbons (Fsp3) is 0.200. The van der Waals surface area contributed by atoms with Gasteiger partial charge in [0, 0.05) is 31.4 Å². The van der Waals surface area contributed by atoms with Crippen LogP contribution in [0, 0.1) is 6.92 Å². The van der Waals surface area contributed by atoms with E-state index in [9.17, 15) is 4.79 Å². The maximum atomic E-state index is 11.9. The summed E-state index contributed by atoms with van der Waals surface area (Å²) in [7, 11) is 1.62. The fourth-order valence-electron chi connectivity index (χ4n) is 2.55. The highest BCUT2D eigenvalue weighted by Gasteiger charge is 2.02. The Kier molecular flexibility index (Phi) is 5.14. The van der Waals surface area contributed by atoms with Crippen molar-refractivity contribution in [3.63, 3.8) is 0 Å². The summed E-state index contributed by atoms with van der Waals surface area (Å²) in [6, 6.07) is 11.6. The number of carbonyl (C=O) groups is 1. The number of nitrogens with one attached hydrogen (secondary N) is 1. The molecule has 5 heteroatoms. The molecule has 25 heavy (non-hydrogen) atoms. The average Bonchev–Trinajstić information content (AvgIpc) is 3.02. The largest absolute Gasteiger partial charge is 0.497 e. The Bertz CT molecular complexity index is 912. The highest BCUT2D eigenvalue weighted by Crippen LogP contribution is 2.13. The summed E-state index contributed by atoms with van der Waals surface area (Å²) in [5, 5.41) is 2.88. The lowest BCUT2D eigenvalue weighted by Crippen LogP contribution is -2.23. The van der Waals surface area contributed by atoms with Crippen molar-refractivity contribution in [3.05, 3.63) is 71.7 Å². The molecule has 0 radical (unpaired) electrons. The van der Waals surface area contributed by atoms with E-state index in [1.54, 1.807) is 13.2 Å². The third kappa shape index (κ3) is 4.47. The second kappa shape index (κ2) is 7.66. The standard InChI is InChI=1S/C20H21N3O2/c1-15-9-11-23-14-17(22-19(23)12-15)8-10-21-20(24)7-6-16-4-3-5-18(13-16)25-2/h3-7,9,11-14H,8,10H2,1-2H3,(H,21,24)/b7-6+. The van der Waals surface area contributed by atoms with E-state index in [4.69, 9.17) is 4.74 Å². The van der Waals surface area contributed by atoms with Crippen LogP contribution in [0.25, 0.3) is 11.7 Å². The molecule has 0 spiro atoms. The molecule has 0 saturated heterocycles. The smallest absolute Gasteiger partial charge is 0.244 e. The van der Waals surface area contributed by atoms with Crippen molar-refractivity contribution in [1.82, 2.24) is 14.7 Å². The van der Waals surface area contributed by atoms with Gasteiger partial charge in [-0.2, -0.15) is 0 Å². The predicted molar refractivity (Wildman–Crippen MR) is 98.7 cm³/mol. The minimum Gasteiger partial charge on any atom is -0.497 e. The van der Waals surface area contributed by atoms with Crippen molar-refractivity contribution < 1.29 is 9.53 Å². The number of aryl methyl sites for hydroxylation is 1. The molecule has 1 amide bonds. The van der Waals surface area contributed by atoms with E-state index < -0.39 is 0 Å². The van der Waals surface area contributed by atoms with Gasteiger partial charge in [-0.15, -0.1) is 0 Å². The quantitative estimate of drug-likeness (QED) is 0.705. The Morgan fingerprint density at radius 1 is 1.32 bits per heavy atom. The number of ether oxygens (including phenoxy) is 1. The van der Waals surface area contributed by atoms with Crippen LogP contribution in [0.2, 0.25) is 0 Å². The zero-order valence-electron chi connectivity index (χ0n) is 14.4. The number of nitrogens with zero attached hydrogens (tertiary/aromatic N) is 2. The Morgan fingerprint density at radius 3 is 3.04 bits per heavy atom. The number of hydrogen-bond donors (Lipinski definition) is 1. The first-order valence-electron chi connectivity index (χ1n) is 8.18. The number of aromatic nitrogens is 2. The number of rotatable bonds is 6. The summed E-state index contributed by atoms with van der Waals surface area (Å²) in [5.74, 6) is 0.645. The van der Waals surface area contributed by atoms with E-state index in [0.717, 1.165) is 22.7 Å². The van der Waals surface area contributed by atoms with Gasteiger partial charge in [0.15, 0.2) is 0 Å². The number of pyridine rings is 1. The summed E-state index contributed by atoms with van der Waals surface area (Å²) < 4.78 is 7.16. The fourth-order valence-corrected chi connectivity index (χ4v) is 2.55. The van der Waals surface area contributed by atoms with E-state index in [0.29, 0.717) is 13.0 Å². The number of amides is 1. The van der Waals surface area contributed by atoms with Crippen molar-refractivity contribution in [2.24, 2.45) is 0 Å². The first-order chi connectivity index (χ1) is 12.1. The molecule has 3 rings (SSSR count). The highest BCUT2D eigenvalue weighted by atomic mass is 16.5. The molecule has 2 aromatic heterocycles. The maximum absolute atomic E-state index is 11.9. The lowest BCUT2D eigenvalue weighted by molar-refractivity contribution is -0.116. The summed E-state index contributed by atoms with van der Waals surface area (Å²) in [5.41, 5.74) is 3.99. The number of fused-ring (bicyclic) bond motifs is 1. The van der Waals surface area contributed by atoms with Crippen LogP contribution >= 0.6 is 0 Å². The number of benzene rings is 1. The van der Waals surface area contributed by atoms with E-state index in [1.165, 1.54) is 11.6 Å². The topological polar surface area (TPSA) is 55.6 Å². The monoisotopic (exact) mass is 335 g/mol. The zero-order chi connectivity index (χ0) is 17.6. The van der Waals surface area contributed by atoms with Gasteiger partial charge in [0.2, 0.25) is 5.91 Å². The van der Waals surface area contributed by atoms with Crippen molar-refractivity contribution in [3.8, 4) is 5.75 Å². The van der Waals surface area contributed by atoms with Crippen molar-refractivity contribution >= 4 is 17.6 Å². The van der Waals surface area contributed by atoms with Gasteiger partial charge in [0.05, 0.1) is 12.8 Å². The molecular weight excluding hydrogens is 314 g/mol.